The van der Waals surface area contributed by atoms with Gasteiger partial charge in [0.15, 0.2) is 11.6 Å². The second-order valence-electron chi connectivity index (χ2n) is 5.60. The molecule has 0 saturated heterocycles. The molecule has 0 aliphatic rings. The highest BCUT2D eigenvalue weighted by Crippen LogP contribution is 2.06. The van der Waals surface area contributed by atoms with Crippen molar-refractivity contribution in [3.8, 4) is 0 Å². The summed E-state index contributed by atoms with van der Waals surface area (Å²) in [6, 6.07) is 0. The lowest BCUT2D eigenvalue weighted by atomic mass is 10.0. The van der Waals surface area contributed by atoms with Crippen molar-refractivity contribution in [2.45, 2.75) is 48.8 Å². The lowest BCUT2D eigenvalue weighted by Gasteiger charge is -2.24. The minimum absolute atomic E-state index is 0.821. The molecule has 12 N–H and O–H groups in total. The molecule has 0 spiro atoms. The molecule has 14 nitrogen and oxygen atoms in total. The Morgan fingerprint density at radius 1 is 0.500 bits per heavy atom. The Balaban J connectivity index is 0. The molecule has 0 radical (unpaired) electrons. The molecule has 8 atom stereocenters. The molecule has 28 heavy (non-hydrogen) atoms. The summed E-state index contributed by atoms with van der Waals surface area (Å²) in [6.07, 6.45) is -14.9. The summed E-state index contributed by atoms with van der Waals surface area (Å²) in [7, 11) is 0. The van der Waals surface area contributed by atoms with Crippen LogP contribution in [0.1, 0.15) is 0 Å². The Hall–Kier alpha value is -1.14. The van der Waals surface area contributed by atoms with Gasteiger partial charge in [-0.1, -0.05) is 0 Å². The predicted octanol–water partition coefficient (Wildman–Crippen LogP) is -8.03. The van der Waals surface area contributed by atoms with Crippen LogP contribution in [0.4, 0.5) is 0 Å². The first kappa shape index (κ1) is 29.1. The molecule has 0 aromatic heterocycles. The van der Waals surface area contributed by atoms with E-state index in [1.54, 1.807) is 0 Å². The predicted molar refractivity (Wildman–Crippen MR) is 86.4 cm³/mol. The van der Waals surface area contributed by atoms with Crippen LogP contribution < -0.4 is 0 Å². The van der Waals surface area contributed by atoms with Crippen LogP contribution in [0.15, 0.2) is 0 Å². The minimum Gasteiger partial charge on any atom is -0.394 e. The highest BCUT2D eigenvalue weighted by Gasteiger charge is 2.34. The van der Waals surface area contributed by atoms with Crippen LogP contribution in [0, 0.1) is 0 Å². The Labute approximate surface area is 158 Å². The number of aliphatic hydroxyl groups is 12. The number of ketones is 2. The molecule has 0 rings (SSSR count). The maximum atomic E-state index is 10.7. The van der Waals surface area contributed by atoms with Crippen molar-refractivity contribution in [1.29, 1.82) is 0 Å². The fourth-order valence-electron chi connectivity index (χ4n) is 1.61. The Kier molecular flexibility index (Phi) is 15.4. The first-order valence-corrected chi connectivity index (χ1v) is 7.84. The van der Waals surface area contributed by atoms with Crippen LogP contribution in [0.25, 0.3) is 0 Å². The summed E-state index contributed by atoms with van der Waals surface area (Å²) in [5.41, 5.74) is 0. The van der Waals surface area contributed by atoms with Crippen LogP contribution in [-0.4, -0.2) is 148 Å². The molecule has 0 fully saturated rings. The molecule has 0 heterocycles. The smallest absolute Gasteiger partial charge is 0.189 e. The third kappa shape index (κ3) is 9.37. The van der Waals surface area contributed by atoms with Gasteiger partial charge in [0.25, 0.3) is 0 Å². The van der Waals surface area contributed by atoms with Crippen molar-refractivity contribution in [2.75, 3.05) is 26.4 Å². The van der Waals surface area contributed by atoms with Crippen LogP contribution in [0.3, 0.4) is 0 Å². The molecular formula is C14H28O14. The van der Waals surface area contributed by atoms with Gasteiger partial charge in [0.1, 0.15) is 62.0 Å². The Morgan fingerprint density at radius 2 is 0.750 bits per heavy atom. The zero-order chi connectivity index (χ0) is 22.6. The zero-order valence-electron chi connectivity index (χ0n) is 14.6. The first-order valence-electron chi connectivity index (χ1n) is 7.84. The van der Waals surface area contributed by atoms with Gasteiger partial charge in [0, 0.05) is 0 Å². The van der Waals surface area contributed by atoms with Gasteiger partial charge in [-0.25, -0.2) is 0 Å². The van der Waals surface area contributed by atoms with Gasteiger partial charge >= 0.3 is 0 Å². The van der Waals surface area contributed by atoms with Crippen molar-refractivity contribution >= 4 is 11.6 Å². The minimum atomic E-state index is -1.99. The summed E-state index contributed by atoms with van der Waals surface area (Å²) in [4.78, 5) is 21.3. The van der Waals surface area contributed by atoms with E-state index in [4.69, 9.17) is 61.3 Å². The van der Waals surface area contributed by atoms with Crippen molar-refractivity contribution in [2.24, 2.45) is 0 Å². The van der Waals surface area contributed by atoms with E-state index in [1.807, 2.05) is 0 Å². The third-order valence-electron chi connectivity index (χ3n) is 3.48. The molecule has 0 aliphatic carbocycles. The van der Waals surface area contributed by atoms with Crippen LogP contribution in [0.5, 0.6) is 0 Å². The van der Waals surface area contributed by atoms with Gasteiger partial charge in [-0.05, 0) is 0 Å². The molecule has 0 saturated carbocycles. The molecule has 14 heteroatoms. The molecular weight excluding hydrogens is 392 g/mol. The topological polar surface area (TPSA) is 277 Å². The van der Waals surface area contributed by atoms with E-state index in [2.05, 4.69) is 0 Å². The Morgan fingerprint density at radius 3 is 0.929 bits per heavy atom. The van der Waals surface area contributed by atoms with E-state index in [-0.39, 0.29) is 0 Å². The monoisotopic (exact) mass is 420 g/mol. The third-order valence-corrected chi connectivity index (χ3v) is 3.48. The molecule has 168 valence electrons. The van der Waals surface area contributed by atoms with E-state index in [1.165, 1.54) is 0 Å². The van der Waals surface area contributed by atoms with Gasteiger partial charge in [-0.2, -0.15) is 0 Å². The van der Waals surface area contributed by atoms with Crippen molar-refractivity contribution < 1.29 is 70.9 Å². The van der Waals surface area contributed by atoms with Gasteiger partial charge in [0.05, 0.1) is 13.2 Å². The molecule has 0 aliphatic heterocycles. The van der Waals surface area contributed by atoms with Gasteiger partial charge in [0.2, 0.25) is 0 Å². The Bertz CT molecular complexity index is 406. The van der Waals surface area contributed by atoms with Crippen LogP contribution >= 0.6 is 0 Å². The first-order chi connectivity index (χ1) is 12.9. The van der Waals surface area contributed by atoms with Gasteiger partial charge in [-0.3, -0.25) is 9.59 Å². The lowest BCUT2D eigenvalue weighted by Crippen LogP contribution is -2.49. The van der Waals surface area contributed by atoms with Crippen molar-refractivity contribution in [3.05, 3.63) is 0 Å². The summed E-state index contributed by atoms with van der Waals surface area (Å²) >= 11 is 0. The number of hydrogen-bond donors (Lipinski definition) is 12. The summed E-state index contributed by atoms with van der Waals surface area (Å²) in [5, 5.41) is 105. The van der Waals surface area contributed by atoms with Gasteiger partial charge < -0.3 is 61.3 Å². The number of carbonyl (C=O) groups is 2. The van der Waals surface area contributed by atoms with E-state index in [0.717, 1.165) is 0 Å². The second-order valence-corrected chi connectivity index (χ2v) is 5.60. The largest absolute Gasteiger partial charge is 0.394 e. The average molecular weight is 420 g/mol. The van der Waals surface area contributed by atoms with Crippen molar-refractivity contribution in [3.63, 3.8) is 0 Å². The zero-order valence-corrected chi connectivity index (χ0v) is 14.6. The fraction of sp³-hybridized carbons (Fsp3) is 0.857. The standard InChI is InChI=1S/2C7H14O7/c2*8-1-3(10)5(12)7(14)6(13)4(11)2-9/h2*3,5-10,12-14H,1-2H2/t2*3-,5-,6-,7+/m11/s1. The molecule has 0 amide bonds. The van der Waals surface area contributed by atoms with Crippen LogP contribution in [-0.2, 0) is 9.59 Å². The molecule has 0 bridgehead atoms. The van der Waals surface area contributed by atoms with E-state index >= 15 is 0 Å². The normalized spacial score (nSPS) is 19.9. The van der Waals surface area contributed by atoms with E-state index in [9.17, 15) is 9.59 Å². The summed E-state index contributed by atoms with van der Waals surface area (Å²) < 4.78 is 0. The maximum absolute atomic E-state index is 10.7. The number of Topliss-reactive ketones (excluding diaryl/α,β-unsaturated/α-hetero) is 2. The number of carbonyl (C=O) groups excluding carboxylic acids is 2. The average Bonchev–Trinajstić information content (AvgIpc) is 2.73. The lowest BCUT2D eigenvalue weighted by molar-refractivity contribution is -0.149. The molecule has 0 unspecified atom stereocenters. The quantitative estimate of drug-likeness (QED) is 0.140. The van der Waals surface area contributed by atoms with E-state index in [0.29, 0.717) is 0 Å². The maximum Gasteiger partial charge on any atom is 0.189 e. The highest BCUT2D eigenvalue weighted by atomic mass is 16.4. The molecule has 0 aromatic rings. The number of rotatable bonds is 12. The second kappa shape index (κ2) is 14.8. The SMILES string of the molecule is O=C(CO)[C@@H](O)[C@@H](O)[C@H](O)[C@H](O)CO.O=C(CO)[C@@H](O)[C@@H](O)[C@H](O)[C@H](O)CO. The number of aliphatic hydroxyl groups excluding tert-OH is 12. The van der Waals surface area contributed by atoms with Crippen molar-refractivity contribution in [1.82, 2.24) is 0 Å². The number of hydrogen-bond acceptors (Lipinski definition) is 14. The van der Waals surface area contributed by atoms with Gasteiger partial charge in [-0.15, -0.1) is 0 Å². The molecule has 0 aromatic carbocycles. The fourth-order valence-corrected chi connectivity index (χ4v) is 1.61. The summed E-state index contributed by atoms with van der Waals surface area (Å²) in [5.74, 6) is -2.16. The van der Waals surface area contributed by atoms with Crippen LogP contribution in [0.2, 0.25) is 0 Å². The summed E-state index contributed by atoms with van der Waals surface area (Å²) in [6.45, 7) is -3.61. The van der Waals surface area contributed by atoms with E-state index < -0.39 is 86.8 Å². The highest BCUT2D eigenvalue weighted by molar-refractivity contribution is 5.84.